The molecule has 0 saturated carbocycles. The van der Waals surface area contributed by atoms with Gasteiger partial charge in [-0.2, -0.15) is 5.10 Å². The summed E-state index contributed by atoms with van der Waals surface area (Å²) in [5.41, 5.74) is 3.82. The van der Waals surface area contributed by atoms with Gasteiger partial charge in [0.15, 0.2) is 11.0 Å². The van der Waals surface area contributed by atoms with E-state index in [1.807, 2.05) is 96.4 Å². The summed E-state index contributed by atoms with van der Waals surface area (Å²) in [5.74, 6) is 0.883. The number of carbonyl (C=O) groups is 1. The van der Waals surface area contributed by atoms with Crippen molar-refractivity contribution in [3.63, 3.8) is 0 Å². The van der Waals surface area contributed by atoms with Crippen molar-refractivity contribution in [1.82, 2.24) is 34.8 Å². The third kappa shape index (κ3) is 5.15. The molecule has 1 atom stereocenters. The summed E-state index contributed by atoms with van der Waals surface area (Å²) in [6.45, 7) is 1.97. The lowest BCUT2D eigenvalue weighted by Gasteiger charge is -2.15. The predicted molar refractivity (Wildman–Crippen MR) is 135 cm³/mol. The molecule has 2 aromatic heterocycles. The van der Waals surface area contributed by atoms with Gasteiger partial charge in [-0.25, -0.2) is 9.67 Å². The molecule has 0 saturated heterocycles. The Kier molecular flexibility index (Phi) is 6.67. The zero-order valence-electron chi connectivity index (χ0n) is 19.0. The van der Waals surface area contributed by atoms with Crippen LogP contribution in [-0.4, -0.2) is 41.2 Å². The fraction of sp³-hybridized carbons (Fsp3) is 0.115. The van der Waals surface area contributed by atoms with Gasteiger partial charge in [-0.05, 0) is 36.8 Å². The lowest BCUT2D eigenvalue weighted by molar-refractivity contribution is -0.119. The SMILES string of the molecule is CC(NC(=O)CSc1nnc(-c2ccccc2)n1-c1ccccc1)c1ccc(-n2cncn2)cc1. The Hall–Kier alpha value is -4.24. The quantitative estimate of drug-likeness (QED) is 0.329. The van der Waals surface area contributed by atoms with Crippen LogP contribution in [0.15, 0.2) is 103 Å². The summed E-state index contributed by atoms with van der Waals surface area (Å²) in [5, 5.41) is 16.7. The van der Waals surface area contributed by atoms with Gasteiger partial charge >= 0.3 is 0 Å². The van der Waals surface area contributed by atoms with Gasteiger partial charge in [0.2, 0.25) is 5.91 Å². The second kappa shape index (κ2) is 10.4. The topological polar surface area (TPSA) is 90.5 Å². The first kappa shape index (κ1) is 22.5. The van der Waals surface area contributed by atoms with E-state index in [4.69, 9.17) is 0 Å². The summed E-state index contributed by atoms with van der Waals surface area (Å²) in [4.78, 5) is 16.7. The third-order valence-electron chi connectivity index (χ3n) is 5.47. The number of para-hydroxylation sites is 1. The highest BCUT2D eigenvalue weighted by Crippen LogP contribution is 2.28. The van der Waals surface area contributed by atoms with Crippen molar-refractivity contribution in [2.45, 2.75) is 18.1 Å². The van der Waals surface area contributed by atoms with E-state index >= 15 is 0 Å². The number of nitrogens with one attached hydrogen (secondary N) is 1. The number of aromatic nitrogens is 6. The third-order valence-corrected chi connectivity index (χ3v) is 6.39. The van der Waals surface area contributed by atoms with Crippen LogP contribution in [0.5, 0.6) is 0 Å². The van der Waals surface area contributed by atoms with Crippen molar-refractivity contribution in [1.29, 1.82) is 0 Å². The van der Waals surface area contributed by atoms with Crippen LogP contribution < -0.4 is 5.32 Å². The highest BCUT2D eigenvalue weighted by molar-refractivity contribution is 7.99. The number of benzene rings is 3. The Morgan fingerprint density at radius 2 is 1.63 bits per heavy atom. The van der Waals surface area contributed by atoms with Crippen LogP contribution >= 0.6 is 11.8 Å². The summed E-state index contributed by atoms with van der Waals surface area (Å²) >= 11 is 1.36. The summed E-state index contributed by atoms with van der Waals surface area (Å²) in [6.07, 6.45) is 3.14. The van der Waals surface area contributed by atoms with Gasteiger partial charge < -0.3 is 5.32 Å². The molecule has 9 heteroatoms. The van der Waals surface area contributed by atoms with Crippen LogP contribution in [0.2, 0.25) is 0 Å². The number of amides is 1. The van der Waals surface area contributed by atoms with Crippen LogP contribution in [0.25, 0.3) is 22.8 Å². The molecule has 0 bridgehead atoms. The van der Waals surface area contributed by atoms with E-state index in [2.05, 4.69) is 25.6 Å². The standard InChI is InChI=1S/C26H23N7OS/c1-19(20-12-14-22(15-13-20)32-18-27-17-28-32)29-24(34)16-35-26-31-30-25(21-8-4-2-5-9-21)33(26)23-10-6-3-7-11-23/h2-15,17-19H,16H2,1H3,(H,29,34). The normalized spacial score (nSPS) is 11.8. The van der Waals surface area contributed by atoms with E-state index in [0.717, 1.165) is 28.3 Å². The van der Waals surface area contributed by atoms with Gasteiger partial charge in [-0.15, -0.1) is 10.2 Å². The van der Waals surface area contributed by atoms with Gasteiger partial charge in [-0.1, -0.05) is 72.4 Å². The zero-order chi connectivity index (χ0) is 24.0. The van der Waals surface area contributed by atoms with Crippen molar-refractivity contribution in [3.05, 3.63) is 103 Å². The molecule has 2 heterocycles. The molecule has 174 valence electrons. The van der Waals surface area contributed by atoms with E-state index in [9.17, 15) is 4.79 Å². The van der Waals surface area contributed by atoms with Gasteiger partial charge in [0.05, 0.1) is 17.5 Å². The lowest BCUT2D eigenvalue weighted by atomic mass is 10.1. The molecular formula is C26H23N7OS. The van der Waals surface area contributed by atoms with Crippen LogP contribution in [0.1, 0.15) is 18.5 Å². The molecule has 5 rings (SSSR count). The van der Waals surface area contributed by atoms with Crippen molar-refractivity contribution in [2.24, 2.45) is 0 Å². The minimum atomic E-state index is -0.139. The molecule has 0 aliphatic heterocycles. The maximum atomic E-state index is 12.8. The number of nitrogens with zero attached hydrogens (tertiary/aromatic N) is 6. The molecule has 0 radical (unpaired) electrons. The van der Waals surface area contributed by atoms with E-state index in [-0.39, 0.29) is 17.7 Å². The van der Waals surface area contributed by atoms with E-state index in [0.29, 0.717) is 5.16 Å². The first-order chi connectivity index (χ1) is 17.2. The van der Waals surface area contributed by atoms with Gasteiger partial charge in [0, 0.05) is 11.3 Å². The molecule has 1 N–H and O–H groups in total. The minimum absolute atomic E-state index is 0.0771. The Balaban J connectivity index is 1.28. The second-order valence-electron chi connectivity index (χ2n) is 7.85. The number of rotatable bonds is 8. The average Bonchev–Trinajstić information content (AvgIpc) is 3.59. The van der Waals surface area contributed by atoms with Crippen molar-refractivity contribution in [2.75, 3.05) is 5.75 Å². The fourth-order valence-electron chi connectivity index (χ4n) is 3.70. The first-order valence-corrected chi connectivity index (χ1v) is 12.1. The molecule has 0 fully saturated rings. The summed E-state index contributed by atoms with van der Waals surface area (Å²) < 4.78 is 3.68. The number of hydrogen-bond acceptors (Lipinski definition) is 6. The van der Waals surface area contributed by atoms with E-state index in [1.54, 1.807) is 11.0 Å². The number of carbonyl (C=O) groups excluding carboxylic acids is 1. The van der Waals surface area contributed by atoms with Crippen LogP contribution in [0.4, 0.5) is 0 Å². The Labute approximate surface area is 207 Å². The minimum Gasteiger partial charge on any atom is -0.349 e. The van der Waals surface area contributed by atoms with Crippen LogP contribution in [0.3, 0.4) is 0 Å². The second-order valence-corrected chi connectivity index (χ2v) is 8.80. The van der Waals surface area contributed by atoms with E-state index < -0.39 is 0 Å². The van der Waals surface area contributed by atoms with Crippen LogP contribution in [-0.2, 0) is 4.79 Å². The van der Waals surface area contributed by atoms with Gasteiger partial charge in [0.1, 0.15) is 12.7 Å². The molecule has 5 aromatic rings. The molecule has 3 aromatic carbocycles. The predicted octanol–water partition coefficient (Wildman–Crippen LogP) is 4.48. The molecule has 0 aliphatic rings. The smallest absolute Gasteiger partial charge is 0.230 e. The first-order valence-electron chi connectivity index (χ1n) is 11.1. The van der Waals surface area contributed by atoms with E-state index in [1.165, 1.54) is 18.1 Å². The largest absolute Gasteiger partial charge is 0.349 e. The molecule has 1 amide bonds. The van der Waals surface area contributed by atoms with Gasteiger partial charge in [-0.3, -0.25) is 9.36 Å². The zero-order valence-corrected chi connectivity index (χ0v) is 19.8. The van der Waals surface area contributed by atoms with Crippen LogP contribution in [0, 0.1) is 0 Å². The lowest BCUT2D eigenvalue weighted by Crippen LogP contribution is -2.28. The fourth-order valence-corrected chi connectivity index (χ4v) is 4.46. The Bertz CT molecular complexity index is 1390. The maximum absolute atomic E-state index is 12.8. The monoisotopic (exact) mass is 481 g/mol. The Morgan fingerprint density at radius 3 is 2.31 bits per heavy atom. The summed E-state index contributed by atoms with van der Waals surface area (Å²) in [6, 6.07) is 27.6. The van der Waals surface area contributed by atoms with Crippen molar-refractivity contribution < 1.29 is 4.79 Å². The van der Waals surface area contributed by atoms with Gasteiger partial charge in [0.25, 0.3) is 0 Å². The molecule has 35 heavy (non-hydrogen) atoms. The summed E-state index contributed by atoms with van der Waals surface area (Å²) in [7, 11) is 0. The maximum Gasteiger partial charge on any atom is 0.230 e. The molecule has 8 nitrogen and oxygen atoms in total. The van der Waals surface area contributed by atoms with Crippen molar-refractivity contribution in [3.8, 4) is 22.8 Å². The molecule has 1 unspecified atom stereocenters. The highest BCUT2D eigenvalue weighted by atomic mass is 32.2. The molecular weight excluding hydrogens is 458 g/mol. The highest BCUT2D eigenvalue weighted by Gasteiger charge is 2.18. The van der Waals surface area contributed by atoms with Crippen molar-refractivity contribution >= 4 is 17.7 Å². The number of hydrogen-bond donors (Lipinski definition) is 1. The molecule has 0 spiro atoms. The molecule has 0 aliphatic carbocycles. The Morgan fingerprint density at radius 1 is 0.914 bits per heavy atom. The average molecular weight is 482 g/mol. The number of thioether (sulfide) groups is 1.